The summed E-state index contributed by atoms with van der Waals surface area (Å²) in [6.07, 6.45) is 13.3. The summed E-state index contributed by atoms with van der Waals surface area (Å²) in [6.45, 7) is 3.51. The quantitative estimate of drug-likeness (QED) is 0.654. The predicted molar refractivity (Wildman–Crippen MR) is 117 cm³/mol. The van der Waals surface area contributed by atoms with Crippen LogP contribution in [-0.4, -0.2) is 35.2 Å². The van der Waals surface area contributed by atoms with E-state index in [9.17, 15) is 4.79 Å². The van der Waals surface area contributed by atoms with Crippen LogP contribution >= 0.6 is 12.4 Å². The molecule has 3 rings (SSSR count). The summed E-state index contributed by atoms with van der Waals surface area (Å²) in [6, 6.07) is 5.96. The van der Waals surface area contributed by atoms with Crippen molar-refractivity contribution in [2.75, 3.05) is 13.7 Å². The zero-order valence-corrected chi connectivity index (χ0v) is 17.9. The van der Waals surface area contributed by atoms with Crippen molar-refractivity contribution in [3.8, 4) is 11.5 Å². The first kappa shape index (κ1) is 22.8. The number of carbonyl (C=O) groups is 1. The SMILES string of the molecule is COc1cc(/C=C/C(=O)NC2CCC(C)CC2)ccc1OCCn1ccnc1.Cl. The molecule has 2 aromatic rings. The summed E-state index contributed by atoms with van der Waals surface area (Å²) in [5.41, 5.74) is 0.895. The molecular weight excluding hydrogens is 390 g/mol. The summed E-state index contributed by atoms with van der Waals surface area (Å²) < 4.78 is 13.2. The van der Waals surface area contributed by atoms with E-state index in [4.69, 9.17) is 9.47 Å². The van der Waals surface area contributed by atoms with Gasteiger partial charge in [-0.3, -0.25) is 4.79 Å². The summed E-state index contributed by atoms with van der Waals surface area (Å²) in [5.74, 6) is 2.06. The molecule has 29 heavy (non-hydrogen) atoms. The lowest BCUT2D eigenvalue weighted by Crippen LogP contribution is -2.36. The van der Waals surface area contributed by atoms with Crippen LogP contribution in [0.5, 0.6) is 11.5 Å². The maximum atomic E-state index is 12.2. The van der Waals surface area contributed by atoms with E-state index in [-0.39, 0.29) is 18.3 Å². The van der Waals surface area contributed by atoms with E-state index in [1.54, 1.807) is 31.8 Å². The Morgan fingerprint density at radius 2 is 2.07 bits per heavy atom. The molecule has 1 aromatic carbocycles. The monoisotopic (exact) mass is 419 g/mol. The highest BCUT2D eigenvalue weighted by atomic mass is 35.5. The van der Waals surface area contributed by atoms with E-state index in [0.29, 0.717) is 30.7 Å². The molecule has 0 aliphatic heterocycles. The predicted octanol–water partition coefficient (Wildman–Crippen LogP) is 4.10. The molecule has 1 saturated carbocycles. The number of aromatic nitrogens is 2. The Morgan fingerprint density at radius 3 is 2.76 bits per heavy atom. The molecule has 0 radical (unpaired) electrons. The van der Waals surface area contributed by atoms with Gasteiger partial charge in [0.15, 0.2) is 11.5 Å². The highest BCUT2D eigenvalue weighted by Crippen LogP contribution is 2.28. The Kier molecular flexibility index (Phi) is 9.06. The number of ether oxygens (including phenoxy) is 2. The fourth-order valence-electron chi connectivity index (χ4n) is 3.41. The molecular formula is C22H30ClN3O3. The van der Waals surface area contributed by atoms with Gasteiger partial charge in [-0.1, -0.05) is 13.0 Å². The van der Waals surface area contributed by atoms with Crippen LogP contribution in [0.1, 0.15) is 38.2 Å². The summed E-state index contributed by atoms with van der Waals surface area (Å²) in [5, 5.41) is 3.10. The van der Waals surface area contributed by atoms with Crippen LogP contribution in [0, 0.1) is 5.92 Å². The number of nitrogens with one attached hydrogen (secondary N) is 1. The molecule has 1 fully saturated rings. The lowest BCUT2D eigenvalue weighted by Gasteiger charge is -2.26. The van der Waals surface area contributed by atoms with Crippen LogP contribution in [0.2, 0.25) is 0 Å². The van der Waals surface area contributed by atoms with Gasteiger partial charge in [-0.2, -0.15) is 0 Å². The number of hydrogen-bond donors (Lipinski definition) is 1. The molecule has 1 aliphatic rings. The van der Waals surface area contributed by atoms with Gasteiger partial charge in [0.05, 0.1) is 20.0 Å². The van der Waals surface area contributed by atoms with Gasteiger partial charge >= 0.3 is 0 Å². The maximum Gasteiger partial charge on any atom is 0.244 e. The second kappa shape index (κ2) is 11.5. The van der Waals surface area contributed by atoms with Crippen LogP contribution < -0.4 is 14.8 Å². The number of imidazole rings is 1. The van der Waals surface area contributed by atoms with Crippen LogP contribution in [-0.2, 0) is 11.3 Å². The molecule has 6 nitrogen and oxygen atoms in total. The average Bonchev–Trinajstić information content (AvgIpc) is 3.22. The molecule has 1 aliphatic carbocycles. The van der Waals surface area contributed by atoms with Gasteiger partial charge in [0, 0.05) is 24.5 Å². The van der Waals surface area contributed by atoms with E-state index in [1.165, 1.54) is 12.8 Å². The zero-order chi connectivity index (χ0) is 19.8. The van der Waals surface area contributed by atoms with Crippen molar-refractivity contribution in [2.45, 2.75) is 45.2 Å². The normalized spacial score (nSPS) is 18.8. The lowest BCUT2D eigenvalue weighted by molar-refractivity contribution is -0.117. The lowest BCUT2D eigenvalue weighted by atomic mass is 9.87. The molecule has 0 unspecified atom stereocenters. The number of methoxy groups -OCH3 is 1. The van der Waals surface area contributed by atoms with Crippen molar-refractivity contribution in [1.29, 1.82) is 0 Å². The van der Waals surface area contributed by atoms with Gasteiger partial charge in [0.2, 0.25) is 5.91 Å². The summed E-state index contributed by atoms with van der Waals surface area (Å²) in [7, 11) is 1.61. The van der Waals surface area contributed by atoms with Gasteiger partial charge in [-0.25, -0.2) is 4.98 Å². The number of rotatable bonds is 8. The van der Waals surface area contributed by atoms with E-state index < -0.39 is 0 Å². The van der Waals surface area contributed by atoms with Crippen molar-refractivity contribution in [1.82, 2.24) is 14.9 Å². The van der Waals surface area contributed by atoms with E-state index >= 15 is 0 Å². The molecule has 0 spiro atoms. The largest absolute Gasteiger partial charge is 0.493 e. The van der Waals surface area contributed by atoms with E-state index in [0.717, 1.165) is 24.3 Å². The van der Waals surface area contributed by atoms with Crippen LogP contribution in [0.3, 0.4) is 0 Å². The van der Waals surface area contributed by atoms with Gasteiger partial charge in [-0.05, 0) is 55.4 Å². The van der Waals surface area contributed by atoms with Crippen molar-refractivity contribution in [3.63, 3.8) is 0 Å². The number of carbonyl (C=O) groups excluding carboxylic acids is 1. The first-order valence-electron chi connectivity index (χ1n) is 9.89. The number of halogens is 1. The fourth-order valence-corrected chi connectivity index (χ4v) is 3.41. The van der Waals surface area contributed by atoms with Crippen molar-refractivity contribution < 1.29 is 14.3 Å². The van der Waals surface area contributed by atoms with Gasteiger partial charge in [0.25, 0.3) is 0 Å². The summed E-state index contributed by atoms with van der Waals surface area (Å²) >= 11 is 0. The highest BCUT2D eigenvalue weighted by molar-refractivity contribution is 5.92. The standard InChI is InChI=1S/C22H29N3O3.ClH/c1-17-3-7-19(8-4-17)24-22(26)10-6-18-5-9-20(21(15-18)27-2)28-14-13-25-12-11-23-16-25;/h5-6,9-12,15-17,19H,3-4,7-8,13-14H2,1-2H3,(H,24,26);1H/b10-6+;. The van der Waals surface area contributed by atoms with Crippen LogP contribution in [0.15, 0.2) is 43.0 Å². The number of benzene rings is 1. The second-order valence-corrected chi connectivity index (χ2v) is 7.36. The second-order valence-electron chi connectivity index (χ2n) is 7.36. The molecule has 7 heteroatoms. The first-order valence-corrected chi connectivity index (χ1v) is 9.89. The Morgan fingerprint density at radius 1 is 1.28 bits per heavy atom. The molecule has 1 aromatic heterocycles. The molecule has 1 heterocycles. The van der Waals surface area contributed by atoms with Gasteiger partial charge < -0.3 is 19.4 Å². The highest BCUT2D eigenvalue weighted by Gasteiger charge is 2.18. The minimum absolute atomic E-state index is 0. The smallest absolute Gasteiger partial charge is 0.244 e. The maximum absolute atomic E-state index is 12.2. The minimum Gasteiger partial charge on any atom is -0.493 e. The fraction of sp³-hybridized carbons (Fsp3) is 0.455. The zero-order valence-electron chi connectivity index (χ0n) is 17.0. The van der Waals surface area contributed by atoms with Crippen molar-refractivity contribution in [3.05, 3.63) is 48.6 Å². The number of hydrogen-bond acceptors (Lipinski definition) is 4. The molecule has 0 saturated heterocycles. The molecule has 158 valence electrons. The Labute approximate surface area is 178 Å². The average molecular weight is 420 g/mol. The van der Waals surface area contributed by atoms with Crippen LogP contribution in [0.25, 0.3) is 6.08 Å². The third kappa shape index (κ3) is 7.13. The molecule has 0 atom stereocenters. The summed E-state index contributed by atoms with van der Waals surface area (Å²) in [4.78, 5) is 16.2. The van der Waals surface area contributed by atoms with Gasteiger partial charge in [-0.15, -0.1) is 12.4 Å². The van der Waals surface area contributed by atoms with Crippen LogP contribution in [0.4, 0.5) is 0 Å². The molecule has 0 bridgehead atoms. The third-order valence-corrected chi connectivity index (χ3v) is 5.14. The number of amides is 1. The Balaban J connectivity index is 0.00000300. The van der Waals surface area contributed by atoms with E-state index in [1.807, 2.05) is 29.0 Å². The Bertz CT molecular complexity index is 785. The minimum atomic E-state index is -0.0424. The number of nitrogens with zero attached hydrogens (tertiary/aromatic N) is 2. The Hall–Kier alpha value is -2.47. The topological polar surface area (TPSA) is 65.4 Å². The van der Waals surface area contributed by atoms with Gasteiger partial charge in [0.1, 0.15) is 6.61 Å². The van der Waals surface area contributed by atoms with Crippen molar-refractivity contribution >= 4 is 24.4 Å². The molecule has 1 N–H and O–H groups in total. The molecule has 1 amide bonds. The van der Waals surface area contributed by atoms with E-state index in [2.05, 4.69) is 17.2 Å². The van der Waals surface area contributed by atoms with Crippen molar-refractivity contribution in [2.24, 2.45) is 5.92 Å². The first-order chi connectivity index (χ1) is 13.6. The third-order valence-electron chi connectivity index (χ3n) is 5.14.